The third-order valence-corrected chi connectivity index (χ3v) is 8.42. The molecule has 0 saturated carbocycles. The number of fused-ring (bicyclic) bond motifs is 4. The average molecular weight is 567 g/mol. The molecule has 0 radical (unpaired) electrons. The van der Waals surface area contributed by atoms with E-state index in [2.05, 4.69) is 20.9 Å². The van der Waals surface area contributed by atoms with Crippen molar-refractivity contribution in [2.45, 2.75) is 32.0 Å². The number of carbonyl (C=O) groups is 2. The predicted molar refractivity (Wildman–Crippen MR) is 150 cm³/mol. The monoisotopic (exact) mass is 566 g/mol. The van der Waals surface area contributed by atoms with Crippen molar-refractivity contribution in [1.82, 2.24) is 14.5 Å². The summed E-state index contributed by atoms with van der Waals surface area (Å²) >= 11 is 6.49. The summed E-state index contributed by atoms with van der Waals surface area (Å²) in [6, 6.07) is 7.56. The van der Waals surface area contributed by atoms with E-state index < -0.39 is 23.1 Å². The molecule has 2 unspecified atom stereocenters. The molecule has 1 aliphatic carbocycles. The minimum Gasteiger partial charge on any atom is -0.496 e. The third-order valence-electron chi connectivity index (χ3n) is 8.06. The summed E-state index contributed by atoms with van der Waals surface area (Å²) in [6.07, 6.45) is 1.87. The van der Waals surface area contributed by atoms with Crippen LogP contribution in [0.3, 0.4) is 0 Å². The van der Waals surface area contributed by atoms with Crippen LogP contribution >= 0.6 is 11.6 Å². The molecular weight excluding hydrogens is 536 g/mol. The largest absolute Gasteiger partial charge is 0.496 e. The van der Waals surface area contributed by atoms with Crippen LogP contribution in [0.15, 0.2) is 36.0 Å². The number of rotatable bonds is 7. The van der Waals surface area contributed by atoms with Gasteiger partial charge in [-0.1, -0.05) is 18.5 Å². The van der Waals surface area contributed by atoms with Crippen LogP contribution in [0.4, 0.5) is 5.69 Å². The van der Waals surface area contributed by atoms with E-state index in [1.165, 1.54) is 26.4 Å². The second-order valence-electron chi connectivity index (χ2n) is 10.4. The summed E-state index contributed by atoms with van der Waals surface area (Å²) in [6.45, 7) is 5.99. The molecule has 1 spiro atoms. The first-order chi connectivity index (χ1) is 19.3. The van der Waals surface area contributed by atoms with Crippen LogP contribution < -0.4 is 19.5 Å². The van der Waals surface area contributed by atoms with Gasteiger partial charge in [0.05, 0.1) is 38.4 Å². The Hall–Kier alpha value is -3.60. The summed E-state index contributed by atoms with van der Waals surface area (Å²) in [7, 11) is 4.62. The summed E-state index contributed by atoms with van der Waals surface area (Å²) in [5.74, 6) is 0.324. The quantitative estimate of drug-likeness (QED) is 0.423. The summed E-state index contributed by atoms with van der Waals surface area (Å²) < 4.78 is 24.4. The fraction of sp³-hybridized carbons (Fsp3) is 0.414. The lowest BCUT2D eigenvalue weighted by Crippen LogP contribution is -2.55. The molecule has 1 N–H and O–H groups in total. The molecule has 40 heavy (non-hydrogen) atoms. The number of halogens is 1. The van der Waals surface area contributed by atoms with Gasteiger partial charge in [-0.15, -0.1) is 0 Å². The number of carbonyl (C=O) groups excluding carboxylic acids is 2. The first kappa shape index (κ1) is 26.6. The van der Waals surface area contributed by atoms with E-state index in [0.717, 1.165) is 48.7 Å². The Labute approximate surface area is 236 Å². The fourth-order valence-electron chi connectivity index (χ4n) is 5.96. The third kappa shape index (κ3) is 4.05. The van der Waals surface area contributed by atoms with Crippen LogP contribution in [-0.4, -0.2) is 72.6 Å². The SMILES string of the molecule is COCCN1CCn2c(nc3cc(NC4=CC(=O)C5(Oc6c(Cl)c(OC)cc(OC)c6C5=O)C(C)C4)ccc32)C1. The number of hydrogen-bond acceptors (Lipinski definition) is 9. The highest BCUT2D eigenvalue weighted by molar-refractivity contribution is 6.36. The van der Waals surface area contributed by atoms with E-state index in [1.54, 1.807) is 7.11 Å². The van der Waals surface area contributed by atoms with Gasteiger partial charge in [-0.05, 0) is 24.6 Å². The molecule has 11 heteroatoms. The second kappa shape index (κ2) is 10.1. The van der Waals surface area contributed by atoms with Crippen molar-refractivity contribution >= 4 is 39.9 Å². The lowest BCUT2D eigenvalue weighted by molar-refractivity contribution is -0.129. The van der Waals surface area contributed by atoms with Crippen molar-refractivity contribution < 1.29 is 28.5 Å². The van der Waals surface area contributed by atoms with Crippen molar-refractivity contribution in [3.05, 3.63) is 52.4 Å². The highest BCUT2D eigenvalue weighted by atomic mass is 35.5. The summed E-state index contributed by atoms with van der Waals surface area (Å²) in [4.78, 5) is 34.6. The smallest absolute Gasteiger partial charge is 0.236 e. The van der Waals surface area contributed by atoms with Gasteiger partial charge < -0.3 is 28.8 Å². The van der Waals surface area contributed by atoms with Gasteiger partial charge in [0.2, 0.25) is 17.2 Å². The van der Waals surface area contributed by atoms with Gasteiger partial charge >= 0.3 is 0 Å². The molecule has 3 aliphatic rings. The standard InChI is InChI=1S/C29H31ClN4O6/c1-16-11-18(13-23(35)29(16)28(36)25-21(38-3)14-22(39-4)26(30)27(25)40-29)31-17-5-6-20-19(12-17)32-24-15-33(9-10-37-2)7-8-34(20)24/h5-6,12-14,16,31H,7-11,15H2,1-4H3. The van der Waals surface area contributed by atoms with E-state index in [0.29, 0.717) is 24.5 Å². The number of anilines is 1. The first-order valence-corrected chi connectivity index (χ1v) is 13.6. The van der Waals surface area contributed by atoms with Crippen molar-refractivity contribution in [3.63, 3.8) is 0 Å². The maximum Gasteiger partial charge on any atom is 0.236 e. The molecule has 2 aliphatic heterocycles. The Bertz CT molecular complexity index is 1570. The number of allylic oxidation sites excluding steroid dienone is 1. The number of ether oxygens (including phenoxy) is 4. The topological polar surface area (TPSA) is 104 Å². The summed E-state index contributed by atoms with van der Waals surface area (Å²) in [5, 5.41) is 3.51. The molecule has 0 amide bonds. The Kier molecular flexibility index (Phi) is 6.72. The number of aromatic nitrogens is 2. The number of hydrogen-bond donors (Lipinski definition) is 1. The highest BCUT2D eigenvalue weighted by Crippen LogP contribution is 2.53. The fourth-order valence-corrected chi connectivity index (χ4v) is 6.23. The molecule has 3 heterocycles. The van der Waals surface area contributed by atoms with Gasteiger partial charge in [0.25, 0.3) is 0 Å². The van der Waals surface area contributed by atoms with Gasteiger partial charge in [0, 0.05) is 56.2 Å². The van der Waals surface area contributed by atoms with Crippen LogP contribution in [0, 0.1) is 5.92 Å². The Morgan fingerprint density at radius 2 is 1.95 bits per heavy atom. The van der Waals surface area contributed by atoms with Gasteiger partial charge in [0.1, 0.15) is 27.9 Å². The number of benzene rings is 2. The second-order valence-corrected chi connectivity index (χ2v) is 10.8. The van der Waals surface area contributed by atoms with E-state index in [4.69, 9.17) is 35.5 Å². The molecule has 210 valence electrons. The number of ketones is 2. The zero-order chi connectivity index (χ0) is 28.2. The molecule has 2 atom stereocenters. The van der Waals surface area contributed by atoms with Gasteiger partial charge in [0.15, 0.2) is 5.75 Å². The Morgan fingerprint density at radius 3 is 2.67 bits per heavy atom. The van der Waals surface area contributed by atoms with Crippen LogP contribution in [-0.2, 0) is 22.6 Å². The lowest BCUT2D eigenvalue weighted by atomic mass is 9.74. The Morgan fingerprint density at radius 1 is 1.15 bits per heavy atom. The van der Waals surface area contributed by atoms with Crippen molar-refractivity contribution in [1.29, 1.82) is 0 Å². The molecule has 6 rings (SSSR count). The van der Waals surface area contributed by atoms with Gasteiger partial charge in [-0.2, -0.15) is 0 Å². The van der Waals surface area contributed by atoms with Gasteiger partial charge in [-0.3, -0.25) is 14.5 Å². The Balaban J connectivity index is 1.25. The molecular formula is C29H31ClN4O6. The van der Waals surface area contributed by atoms with E-state index in [9.17, 15) is 9.59 Å². The molecule has 3 aromatic rings. The van der Waals surface area contributed by atoms with E-state index in [1.807, 2.05) is 19.1 Å². The molecule has 2 aromatic carbocycles. The van der Waals surface area contributed by atoms with Crippen LogP contribution in [0.1, 0.15) is 29.5 Å². The number of nitrogens with one attached hydrogen (secondary N) is 1. The number of methoxy groups -OCH3 is 3. The average Bonchev–Trinajstić information content (AvgIpc) is 3.46. The molecule has 0 fully saturated rings. The molecule has 1 aromatic heterocycles. The number of Topliss-reactive ketones (excluding diaryl/α,β-unsaturated/α-hetero) is 1. The van der Waals surface area contributed by atoms with Crippen LogP contribution in [0.25, 0.3) is 11.0 Å². The number of imidazole rings is 1. The predicted octanol–water partition coefficient (Wildman–Crippen LogP) is 4.09. The molecule has 0 saturated heterocycles. The van der Waals surface area contributed by atoms with Gasteiger partial charge in [-0.25, -0.2) is 4.98 Å². The lowest BCUT2D eigenvalue weighted by Gasteiger charge is -2.35. The van der Waals surface area contributed by atoms with Crippen molar-refractivity contribution in [2.24, 2.45) is 5.92 Å². The zero-order valence-electron chi connectivity index (χ0n) is 22.9. The normalized spacial score (nSPS) is 22.2. The maximum absolute atomic E-state index is 13.7. The number of nitrogens with zero attached hydrogens (tertiary/aromatic N) is 3. The first-order valence-electron chi connectivity index (χ1n) is 13.2. The zero-order valence-corrected chi connectivity index (χ0v) is 23.6. The molecule has 10 nitrogen and oxygen atoms in total. The summed E-state index contributed by atoms with van der Waals surface area (Å²) in [5.41, 5.74) is 1.93. The van der Waals surface area contributed by atoms with Crippen LogP contribution in [0.5, 0.6) is 17.2 Å². The minimum absolute atomic E-state index is 0.114. The van der Waals surface area contributed by atoms with Crippen molar-refractivity contribution in [3.8, 4) is 17.2 Å². The molecule has 0 bridgehead atoms. The highest BCUT2D eigenvalue weighted by Gasteiger charge is 2.60. The van der Waals surface area contributed by atoms with E-state index >= 15 is 0 Å². The minimum atomic E-state index is -1.71. The van der Waals surface area contributed by atoms with E-state index in [-0.39, 0.29) is 22.1 Å². The van der Waals surface area contributed by atoms with Crippen molar-refractivity contribution in [2.75, 3.05) is 46.3 Å². The van der Waals surface area contributed by atoms with Crippen LogP contribution in [0.2, 0.25) is 5.02 Å². The maximum atomic E-state index is 13.7.